The number of amides is 3. The summed E-state index contributed by atoms with van der Waals surface area (Å²) >= 11 is 0. The fourth-order valence-corrected chi connectivity index (χ4v) is 4.48. The van der Waals surface area contributed by atoms with E-state index in [4.69, 9.17) is 6.42 Å². The monoisotopic (exact) mass is 316 g/mol. The van der Waals surface area contributed by atoms with Crippen molar-refractivity contribution in [3.05, 3.63) is 0 Å². The second-order valence-corrected chi connectivity index (χ2v) is 7.14. The van der Waals surface area contributed by atoms with Gasteiger partial charge in [-0.05, 0) is 44.9 Å². The Morgan fingerprint density at radius 3 is 2.35 bits per heavy atom. The largest absolute Gasteiger partial charge is 0.354 e. The van der Waals surface area contributed by atoms with Gasteiger partial charge in [-0.15, -0.1) is 12.3 Å². The molecule has 0 aromatic heterocycles. The summed E-state index contributed by atoms with van der Waals surface area (Å²) in [6, 6.07) is 0.166. The average molecular weight is 316 g/mol. The van der Waals surface area contributed by atoms with Gasteiger partial charge >= 0.3 is 0 Å². The van der Waals surface area contributed by atoms with E-state index in [-0.39, 0.29) is 47.6 Å². The van der Waals surface area contributed by atoms with E-state index in [9.17, 15) is 14.4 Å². The minimum Gasteiger partial charge on any atom is -0.354 e. The lowest BCUT2D eigenvalue weighted by atomic mass is 9.76. The summed E-state index contributed by atoms with van der Waals surface area (Å²) in [5.41, 5.74) is 0. The van der Waals surface area contributed by atoms with Crippen molar-refractivity contribution in [1.29, 1.82) is 0 Å². The van der Waals surface area contributed by atoms with Crippen LogP contribution < -0.4 is 5.32 Å². The van der Waals surface area contributed by atoms with Gasteiger partial charge in [-0.25, -0.2) is 0 Å². The Morgan fingerprint density at radius 1 is 1.09 bits per heavy atom. The van der Waals surface area contributed by atoms with Crippen molar-refractivity contribution in [2.24, 2.45) is 17.8 Å². The van der Waals surface area contributed by atoms with Crippen LogP contribution in [-0.2, 0) is 14.4 Å². The average Bonchev–Trinajstić information content (AvgIpc) is 2.79. The first-order valence-electron chi connectivity index (χ1n) is 8.61. The molecule has 0 bridgehead atoms. The number of rotatable bonds is 2. The number of carbonyl (C=O) groups excluding carboxylic acids is 3. The van der Waals surface area contributed by atoms with Crippen molar-refractivity contribution >= 4 is 17.7 Å². The van der Waals surface area contributed by atoms with E-state index in [0.29, 0.717) is 6.42 Å². The summed E-state index contributed by atoms with van der Waals surface area (Å²) in [6.07, 6.45) is 10.9. The number of likely N-dealkylation sites (tertiary alicyclic amines) is 1. The molecule has 0 aromatic carbocycles. The smallest absolute Gasteiger partial charge is 0.233 e. The molecule has 3 aliphatic rings. The molecule has 0 spiro atoms. The third-order valence-electron chi connectivity index (χ3n) is 5.66. The van der Waals surface area contributed by atoms with Crippen LogP contribution in [0.5, 0.6) is 0 Å². The standard InChI is InChI=1S/C18H24N2O3/c1-3-12-4-9-15-16(10-12)18(23)20(17(15)22)14-7-5-13(6-8-14)19-11(2)21/h1,12-16H,4-10H2,2H3,(H,19,21). The molecule has 3 atom stereocenters. The zero-order valence-corrected chi connectivity index (χ0v) is 13.6. The van der Waals surface area contributed by atoms with Gasteiger partial charge in [-0.3, -0.25) is 19.3 Å². The van der Waals surface area contributed by atoms with E-state index in [1.165, 1.54) is 11.8 Å². The van der Waals surface area contributed by atoms with E-state index in [0.717, 1.165) is 38.5 Å². The van der Waals surface area contributed by atoms with Gasteiger partial charge < -0.3 is 5.32 Å². The molecule has 23 heavy (non-hydrogen) atoms. The van der Waals surface area contributed by atoms with Crippen molar-refractivity contribution in [2.75, 3.05) is 0 Å². The minimum absolute atomic E-state index is 0.00473. The molecule has 1 N–H and O–H groups in total. The summed E-state index contributed by atoms with van der Waals surface area (Å²) in [7, 11) is 0. The van der Waals surface area contributed by atoms with Crippen molar-refractivity contribution in [3.8, 4) is 12.3 Å². The van der Waals surface area contributed by atoms with Crippen molar-refractivity contribution in [1.82, 2.24) is 10.2 Å². The van der Waals surface area contributed by atoms with E-state index < -0.39 is 0 Å². The van der Waals surface area contributed by atoms with Gasteiger partial charge in [0.1, 0.15) is 0 Å². The molecular formula is C18H24N2O3. The van der Waals surface area contributed by atoms with E-state index in [1.54, 1.807) is 0 Å². The van der Waals surface area contributed by atoms with Crippen molar-refractivity contribution in [2.45, 2.75) is 64.0 Å². The van der Waals surface area contributed by atoms with Crippen LogP contribution in [0.2, 0.25) is 0 Å². The van der Waals surface area contributed by atoms with Crippen molar-refractivity contribution < 1.29 is 14.4 Å². The lowest BCUT2D eigenvalue weighted by Gasteiger charge is -2.34. The lowest BCUT2D eigenvalue weighted by molar-refractivity contribution is -0.143. The van der Waals surface area contributed by atoms with E-state index >= 15 is 0 Å². The van der Waals surface area contributed by atoms with Crippen LogP contribution >= 0.6 is 0 Å². The van der Waals surface area contributed by atoms with Crippen LogP contribution in [0.4, 0.5) is 0 Å². The number of hydrogen-bond acceptors (Lipinski definition) is 3. The third-order valence-corrected chi connectivity index (χ3v) is 5.66. The fraction of sp³-hybridized carbons (Fsp3) is 0.722. The Hall–Kier alpha value is -1.83. The summed E-state index contributed by atoms with van der Waals surface area (Å²) in [5.74, 6) is 2.50. The SMILES string of the molecule is C#CC1CCC2C(=O)N(C3CCC(NC(C)=O)CC3)C(=O)C2C1. The van der Waals surface area contributed by atoms with Gasteiger partial charge in [0.25, 0.3) is 0 Å². The molecule has 5 nitrogen and oxygen atoms in total. The maximum Gasteiger partial charge on any atom is 0.233 e. The van der Waals surface area contributed by atoms with Crippen LogP contribution in [0.3, 0.4) is 0 Å². The minimum atomic E-state index is -0.203. The molecule has 1 heterocycles. The highest BCUT2D eigenvalue weighted by Gasteiger charge is 2.52. The molecule has 0 radical (unpaired) electrons. The van der Waals surface area contributed by atoms with E-state index in [1.807, 2.05) is 0 Å². The number of terminal acetylenes is 1. The molecule has 1 saturated heterocycles. The summed E-state index contributed by atoms with van der Waals surface area (Å²) in [4.78, 5) is 38.1. The number of imide groups is 1. The maximum absolute atomic E-state index is 12.7. The Balaban J connectivity index is 1.65. The van der Waals surface area contributed by atoms with Gasteiger partial charge in [0.05, 0.1) is 11.8 Å². The first-order valence-corrected chi connectivity index (χ1v) is 8.61. The number of carbonyl (C=O) groups is 3. The number of nitrogens with one attached hydrogen (secondary N) is 1. The first kappa shape index (κ1) is 16.0. The molecule has 1 aliphatic heterocycles. The van der Waals surface area contributed by atoms with Gasteiger partial charge in [0.2, 0.25) is 17.7 Å². The molecule has 124 valence electrons. The predicted octanol–water partition coefficient (Wildman–Crippen LogP) is 1.47. The van der Waals surface area contributed by atoms with Crippen LogP contribution in [0.15, 0.2) is 0 Å². The fourth-order valence-electron chi connectivity index (χ4n) is 4.48. The predicted molar refractivity (Wildman–Crippen MR) is 84.9 cm³/mol. The highest BCUT2D eigenvalue weighted by atomic mass is 16.2. The number of fused-ring (bicyclic) bond motifs is 1. The molecule has 3 fully saturated rings. The quantitative estimate of drug-likeness (QED) is 0.620. The molecule has 2 saturated carbocycles. The second kappa shape index (κ2) is 6.35. The van der Waals surface area contributed by atoms with Gasteiger partial charge in [0.15, 0.2) is 0 Å². The molecule has 5 heteroatoms. The second-order valence-electron chi connectivity index (χ2n) is 7.14. The van der Waals surface area contributed by atoms with Gasteiger partial charge in [0, 0.05) is 24.9 Å². The van der Waals surface area contributed by atoms with Crippen LogP contribution in [-0.4, -0.2) is 34.7 Å². The molecule has 3 amide bonds. The molecule has 0 aromatic rings. The molecule has 2 aliphatic carbocycles. The van der Waals surface area contributed by atoms with Crippen LogP contribution in [0.1, 0.15) is 51.9 Å². The number of hydrogen-bond donors (Lipinski definition) is 1. The zero-order valence-electron chi connectivity index (χ0n) is 13.6. The Labute approximate surface area is 137 Å². The zero-order chi connectivity index (χ0) is 16.6. The van der Waals surface area contributed by atoms with Gasteiger partial charge in [-0.1, -0.05) is 0 Å². The molecular weight excluding hydrogens is 292 g/mol. The molecule has 3 rings (SSSR count). The maximum atomic E-state index is 12.7. The Kier molecular flexibility index (Phi) is 4.43. The lowest BCUT2D eigenvalue weighted by Crippen LogP contribution is -2.46. The highest BCUT2D eigenvalue weighted by Crippen LogP contribution is 2.42. The summed E-state index contributed by atoms with van der Waals surface area (Å²) < 4.78 is 0. The van der Waals surface area contributed by atoms with Crippen LogP contribution in [0.25, 0.3) is 0 Å². The Bertz CT molecular complexity index is 557. The highest BCUT2D eigenvalue weighted by molar-refractivity contribution is 6.05. The Morgan fingerprint density at radius 2 is 1.74 bits per heavy atom. The van der Waals surface area contributed by atoms with Gasteiger partial charge in [-0.2, -0.15) is 0 Å². The number of nitrogens with zero attached hydrogens (tertiary/aromatic N) is 1. The summed E-state index contributed by atoms with van der Waals surface area (Å²) in [6.45, 7) is 1.52. The van der Waals surface area contributed by atoms with Crippen molar-refractivity contribution in [3.63, 3.8) is 0 Å². The first-order chi connectivity index (χ1) is 11.0. The van der Waals surface area contributed by atoms with E-state index in [2.05, 4.69) is 11.2 Å². The third kappa shape index (κ3) is 2.99. The normalized spacial score (nSPS) is 37.2. The summed E-state index contributed by atoms with van der Waals surface area (Å²) in [5, 5.41) is 2.93. The topological polar surface area (TPSA) is 66.5 Å². The van der Waals surface area contributed by atoms with Crippen LogP contribution in [0, 0.1) is 30.1 Å². The molecule has 3 unspecified atom stereocenters.